The number of carbonyl (C=O) groups excluding carboxylic acids is 1. The Kier molecular flexibility index (Phi) is 6.90. The number of anilines is 1. The molecule has 0 atom stereocenters. The standard InChI is InChI=1S/C25H32N2O3/c1-29-23-12-11-21(17-24(23)30-22-9-5-6-10-22)26-25(28)20-13-15-27(16-14-20)18-19-7-3-2-4-8-19/h2-4,7-8,11-12,17,20,22H,5-6,9-10,13-16,18H2,1H3,(H,26,28). The van der Waals surface area contributed by atoms with E-state index in [1.165, 1.54) is 18.4 Å². The van der Waals surface area contributed by atoms with E-state index in [9.17, 15) is 4.79 Å². The van der Waals surface area contributed by atoms with Crippen molar-refractivity contribution in [1.29, 1.82) is 0 Å². The molecule has 2 aromatic carbocycles. The molecule has 0 radical (unpaired) electrons. The number of hydrogen-bond donors (Lipinski definition) is 1. The third-order valence-corrected chi connectivity index (χ3v) is 6.23. The van der Waals surface area contributed by atoms with Gasteiger partial charge < -0.3 is 14.8 Å². The van der Waals surface area contributed by atoms with E-state index < -0.39 is 0 Å². The molecular weight excluding hydrogens is 376 g/mol. The summed E-state index contributed by atoms with van der Waals surface area (Å²) in [5, 5.41) is 3.10. The molecule has 1 saturated carbocycles. The van der Waals surface area contributed by atoms with Crippen molar-refractivity contribution < 1.29 is 14.3 Å². The maximum absolute atomic E-state index is 12.8. The van der Waals surface area contributed by atoms with Gasteiger partial charge in [-0.25, -0.2) is 0 Å². The summed E-state index contributed by atoms with van der Waals surface area (Å²) in [7, 11) is 1.65. The normalized spacial score (nSPS) is 18.3. The molecule has 1 aliphatic carbocycles. The molecule has 1 aliphatic heterocycles. The van der Waals surface area contributed by atoms with Crippen molar-refractivity contribution in [2.45, 2.75) is 51.2 Å². The molecule has 30 heavy (non-hydrogen) atoms. The maximum Gasteiger partial charge on any atom is 0.227 e. The van der Waals surface area contributed by atoms with Crippen LogP contribution in [0.2, 0.25) is 0 Å². The lowest BCUT2D eigenvalue weighted by atomic mass is 9.95. The van der Waals surface area contributed by atoms with E-state index in [0.29, 0.717) is 5.75 Å². The smallest absolute Gasteiger partial charge is 0.227 e. The number of benzene rings is 2. The van der Waals surface area contributed by atoms with Crippen LogP contribution in [0.5, 0.6) is 11.5 Å². The van der Waals surface area contributed by atoms with Crippen LogP contribution in [-0.4, -0.2) is 37.1 Å². The molecule has 0 aromatic heterocycles. The second-order valence-electron chi connectivity index (χ2n) is 8.42. The van der Waals surface area contributed by atoms with E-state index in [4.69, 9.17) is 9.47 Å². The van der Waals surface area contributed by atoms with Crippen molar-refractivity contribution in [2.75, 3.05) is 25.5 Å². The Bertz CT molecular complexity index is 826. The molecule has 1 heterocycles. The van der Waals surface area contributed by atoms with Gasteiger partial charge in [-0.3, -0.25) is 9.69 Å². The summed E-state index contributed by atoms with van der Waals surface area (Å²) in [6, 6.07) is 16.2. The molecule has 1 amide bonds. The van der Waals surface area contributed by atoms with Crippen LogP contribution >= 0.6 is 0 Å². The first kappa shape index (κ1) is 20.7. The van der Waals surface area contributed by atoms with Gasteiger partial charge in [0.2, 0.25) is 5.91 Å². The first-order valence-corrected chi connectivity index (χ1v) is 11.1. The lowest BCUT2D eigenvalue weighted by molar-refractivity contribution is -0.121. The van der Waals surface area contributed by atoms with Crippen LogP contribution in [0.1, 0.15) is 44.1 Å². The van der Waals surface area contributed by atoms with Crippen molar-refractivity contribution in [3.63, 3.8) is 0 Å². The minimum atomic E-state index is 0.0540. The number of methoxy groups -OCH3 is 1. The van der Waals surface area contributed by atoms with Crippen LogP contribution in [-0.2, 0) is 11.3 Å². The number of nitrogens with one attached hydrogen (secondary N) is 1. The summed E-state index contributed by atoms with van der Waals surface area (Å²) in [6.07, 6.45) is 6.63. The lowest BCUT2D eigenvalue weighted by Crippen LogP contribution is -2.37. The molecule has 1 saturated heterocycles. The van der Waals surface area contributed by atoms with Gasteiger partial charge in [-0.15, -0.1) is 0 Å². The topological polar surface area (TPSA) is 50.8 Å². The summed E-state index contributed by atoms with van der Waals surface area (Å²) in [4.78, 5) is 15.3. The average molecular weight is 409 g/mol. The molecule has 5 nitrogen and oxygen atoms in total. The van der Waals surface area contributed by atoms with Crippen LogP contribution < -0.4 is 14.8 Å². The van der Waals surface area contributed by atoms with Gasteiger partial charge >= 0.3 is 0 Å². The SMILES string of the molecule is COc1ccc(NC(=O)C2CCN(Cc3ccccc3)CC2)cc1OC1CCCC1. The van der Waals surface area contributed by atoms with Crippen molar-refractivity contribution in [3.8, 4) is 11.5 Å². The van der Waals surface area contributed by atoms with Gasteiger partial charge in [0.1, 0.15) is 0 Å². The van der Waals surface area contributed by atoms with Gasteiger partial charge in [-0.05, 0) is 69.3 Å². The second-order valence-corrected chi connectivity index (χ2v) is 8.42. The summed E-state index contributed by atoms with van der Waals surface area (Å²) in [5.74, 6) is 1.60. The third-order valence-electron chi connectivity index (χ3n) is 6.23. The van der Waals surface area contributed by atoms with E-state index in [1.54, 1.807) is 7.11 Å². The molecule has 160 valence electrons. The van der Waals surface area contributed by atoms with Crippen LogP contribution in [0.4, 0.5) is 5.69 Å². The zero-order valence-corrected chi connectivity index (χ0v) is 17.8. The predicted molar refractivity (Wildman–Crippen MR) is 119 cm³/mol. The number of amides is 1. The summed E-state index contributed by atoms with van der Waals surface area (Å²) in [6.45, 7) is 2.85. The summed E-state index contributed by atoms with van der Waals surface area (Å²) in [5.41, 5.74) is 2.11. The first-order valence-electron chi connectivity index (χ1n) is 11.1. The molecule has 4 rings (SSSR count). The molecule has 2 fully saturated rings. The minimum absolute atomic E-state index is 0.0540. The highest BCUT2D eigenvalue weighted by molar-refractivity contribution is 5.93. The Morgan fingerprint density at radius 2 is 1.73 bits per heavy atom. The number of piperidine rings is 1. The zero-order valence-electron chi connectivity index (χ0n) is 17.8. The molecule has 2 aromatic rings. The van der Waals surface area contributed by atoms with Gasteiger partial charge in [-0.2, -0.15) is 0 Å². The van der Waals surface area contributed by atoms with Gasteiger partial charge in [-0.1, -0.05) is 30.3 Å². The van der Waals surface area contributed by atoms with E-state index in [-0.39, 0.29) is 17.9 Å². The van der Waals surface area contributed by atoms with Gasteiger partial charge in [0.15, 0.2) is 11.5 Å². The number of rotatable bonds is 7. The molecule has 1 N–H and O–H groups in total. The Morgan fingerprint density at radius 1 is 1.00 bits per heavy atom. The largest absolute Gasteiger partial charge is 0.493 e. The number of nitrogens with zero attached hydrogens (tertiary/aromatic N) is 1. The van der Waals surface area contributed by atoms with Crippen molar-refractivity contribution in [2.24, 2.45) is 5.92 Å². The van der Waals surface area contributed by atoms with E-state index in [1.807, 2.05) is 24.3 Å². The highest BCUT2D eigenvalue weighted by atomic mass is 16.5. The maximum atomic E-state index is 12.8. The number of ether oxygens (including phenoxy) is 2. The fourth-order valence-electron chi connectivity index (χ4n) is 4.47. The third kappa shape index (κ3) is 5.33. The fourth-order valence-corrected chi connectivity index (χ4v) is 4.47. The monoisotopic (exact) mass is 408 g/mol. The zero-order chi connectivity index (χ0) is 20.8. The quantitative estimate of drug-likeness (QED) is 0.710. The van der Waals surface area contributed by atoms with Crippen LogP contribution in [0.15, 0.2) is 48.5 Å². The van der Waals surface area contributed by atoms with Gasteiger partial charge in [0, 0.05) is 24.2 Å². The molecule has 0 unspecified atom stereocenters. The van der Waals surface area contributed by atoms with E-state index in [0.717, 1.165) is 56.8 Å². The summed E-state index contributed by atoms with van der Waals surface area (Å²) < 4.78 is 11.6. The predicted octanol–water partition coefficient (Wildman–Crippen LogP) is 4.87. The van der Waals surface area contributed by atoms with Crippen molar-refractivity contribution in [1.82, 2.24) is 4.90 Å². The van der Waals surface area contributed by atoms with Crippen LogP contribution in [0, 0.1) is 5.92 Å². The lowest BCUT2D eigenvalue weighted by Gasteiger charge is -2.31. The van der Waals surface area contributed by atoms with Crippen LogP contribution in [0.25, 0.3) is 0 Å². The first-order chi connectivity index (χ1) is 14.7. The average Bonchev–Trinajstić information content (AvgIpc) is 3.28. The van der Waals surface area contributed by atoms with Crippen LogP contribution in [0.3, 0.4) is 0 Å². The highest BCUT2D eigenvalue weighted by Crippen LogP contribution is 2.34. The Labute approximate surface area is 179 Å². The summed E-state index contributed by atoms with van der Waals surface area (Å²) >= 11 is 0. The molecule has 2 aliphatic rings. The highest BCUT2D eigenvalue weighted by Gasteiger charge is 2.25. The van der Waals surface area contributed by atoms with Gasteiger partial charge in [0.25, 0.3) is 0 Å². The Balaban J connectivity index is 1.31. The van der Waals surface area contributed by atoms with Crippen molar-refractivity contribution >= 4 is 11.6 Å². The Morgan fingerprint density at radius 3 is 2.43 bits per heavy atom. The van der Waals surface area contributed by atoms with E-state index in [2.05, 4.69) is 34.5 Å². The van der Waals surface area contributed by atoms with E-state index >= 15 is 0 Å². The molecular formula is C25H32N2O3. The van der Waals surface area contributed by atoms with Gasteiger partial charge in [0.05, 0.1) is 13.2 Å². The number of hydrogen-bond acceptors (Lipinski definition) is 4. The van der Waals surface area contributed by atoms with Crippen molar-refractivity contribution in [3.05, 3.63) is 54.1 Å². The number of likely N-dealkylation sites (tertiary alicyclic amines) is 1. The fraction of sp³-hybridized carbons (Fsp3) is 0.480. The minimum Gasteiger partial charge on any atom is -0.493 e. The molecule has 0 bridgehead atoms. The molecule has 0 spiro atoms. The Hall–Kier alpha value is -2.53. The molecule has 5 heteroatoms. The number of carbonyl (C=O) groups is 1. The second kappa shape index (κ2) is 9.98.